The van der Waals surface area contributed by atoms with Gasteiger partial charge in [0.15, 0.2) is 22.4 Å². The Hall–Kier alpha value is -3.12. The van der Waals surface area contributed by atoms with Gasteiger partial charge in [-0.1, -0.05) is 49.1 Å². The lowest BCUT2D eigenvalue weighted by molar-refractivity contribution is -0.113. The molecule has 0 unspecified atom stereocenters. The van der Waals surface area contributed by atoms with Crippen molar-refractivity contribution in [2.24, 2.45) is 0 Å². The number of hydrogen-bond acceptors (Lipinski definition) is 4. The highest BCUT2D eigenvalue weighted by Crippen LogP contribution is 2.36. The van der Waals surface area contributed by atoms with Crippen LogP contribution in [-0.2, 0) is 4.79 Å². The largest absolute Gasteiger partial charge is 0.493 e. The van der Waals surface area contributed by atoms with Crippen LogP contribution in [0.5, 0.6) is 11.5 Å². The van der Waals surface area contributed by atoms with Gasteiger partial charge >= 0.3 is 0 Å². The van der Waals surface area contributed by atoms with Crippen molar-refractivity contribution >= 4 is 28.8 Å². The van der Waals surface area contributed by atoms with Gasteiger partial charge < -0.3 is 20.1 Å². The summed E-state index contributed by atoms with van der Waals surface area (Å²) in [6.45, 7) is 5.59. The normalized spacial score (nSPS) is 16.1. The van der Waals surface area contributed by atoms with Crippen molar-refractivity contribution in [3.63, 3.8) is 0 Å². The molecule has 1 aliphatic heterocycles. The van der Waals surface area contributed by atoms with Crippen molar-refractivity contribution in [2.75, 3.05) is 13.7 Å². The number of carbonyl (C=O) groups excluding carboxylic acids is 1. The van der Waals surface area contributed by atoms with E-state index in [9.17, 15) is 4.79 Å². The third-order valence-corrected chi connectivity index (χ3v) is 4.61. The first-order chi connectivity index (χ1) is 13.5. The van der Waals surface area contributed by atoms with Crippen molar-refractivity contribution in [2.45, 2.75) is 13.0 Å². The molecule has 0 aliphatic carbocycles. The maximum Gasteiger partial charge on any atom is 0.171 e. The molecule has 0 radical (unpaired) electrons. The Morgan fingerprint density at radius 3 is 2.61 bits per heavy atom. The number of hydrogen-bond donors (Lipinski definition) is 2. The lowest BCUT2D eigenvalue weighted by Gasteiger charge is -2.31. The van der Waals surface area contributed by atoms with Crippen LogP contribution in [0.2, 0.25) is 0 Å². The number of carbonyl (C=O) groups is 1. The van der Waals surface area contributed by atoms with Gasteiger partial charge in [-0.3, -0.25) is 4.79 Å². The van der Waals surface area contributed by atoms with Crippen LogP contribution in [-0.4, -0.2) is 24.6 Å². The summed E-state index contributed by atoms with van der Waals surface area (Å²) in [6.07, 6.45) is 1.67. The summed E-state index contributed by atoms with van der Waals surface area (Å²) in [5, 5.41) is 6.81. The number of ketones is 1. The third-order valence-electron chi connectivity index (χ3n) is 4.39. The molecule has 0 spiro atoms. The summed E-state index contributed by atoms with van der Waals surface area (Å²) < 4.78 is 11.1. The number of nitrogens with one attached hydrogen (secondary N) is 2. The maximum absolute atomic E-state index is 12.6. The molecule has 1 heterocycles. The van der Waals surface area contributed by atoms with Gasteiger partial charge in [0.1, 0.15) is 6.61 Å². The fourth-order valence-corrected chi connectivity index (χ4v) is 3.38. The number of rotatable bonds is 7. The molecule has 0 aromatic heterocycles. The van der Waals surface area contributed by atoms with Crippen LogP contribution in [0.25, 0.3) is 5.70 Å². The minimum absolute atomic E-state index is 0.0442. The summed E-state index contributed by atoms with van der Waals surface area (Å²) >= 11 is 5.41. The smallest absolute Gasteiger partial charge is 0.171 e. The topological polar surface area (TPSA) is 59.6 Å². The second kappa shape index (κ2) is 8.71. The molecular formula is C22H22N2O3S. The summed E-state index contributed by atoms with van der Waals surface area (Å²) in [5.74, 6) is 1.14. The van der Waals surface area contributed by atoms with Gasteiger partial charge in [-0.05, 0) is 42.4 Å². The number of Topliss-reactive ketones (excluding diaryl/α,β-unsaturated/α-hetero) is 1. The number of benzene rings is 2. The van der Waals surface area contributed by atoms with Crippen LogP contribution in [0.1, 0.15) is 24.1 Å². The predicted octanol–water partition coefficient (Wildman–Crippen LogP) is 3.78. The Morgan fingerprint density at radius 1 is 1.21 bits per heavy atom. The van der Waals surface area contributed by atoms with Gasteiger partial charge in [0, 0.05) is 5.57 Å². The Kier molecular flexibility index (Phi) is 6.11. The molecule has 0 amide bonds. The highest BCUT2D eigenvalue weighted by atomic mass is 32.1. The van der Waals surface area contributed by atoms with E-state index in [0.717, 1.165) is 11.1 Å². The van der Waals surface area contributed by atoms with Crippen LogP contribution in [0.3, 0.4) is 0 Å². The third kappa shape index (κ3) is 4.07. The van der Waals surface area contributed by atoms with E-state index < -0.39 is 6.04 Å². The zero-order valence-electron chi connectivity index (χ0n) is 15.8. The molecule has 144 valence electrons. The van der Waals surface area contributed by atoms with E-state index in [0.29, 0.717) is 34.5 Å². The zero-order chi connectivity index (χ0) is 20.1. The van der Waals surface area contributed by atoms with Gasteiger partial charge in [-0.25, -0.2) is 0 Å². The fraction of sp³-hybridized carbons (Fsp3) is 0.182. The van der Waals surface area contributed by atoms with Crippen LogP contribution >= 0.6 is 12.2 Å². The molecule has 0 fully saturated rings. The second-order valence-corrected chi connectivity index (χ2v) is 6.66. The molecule has 2 aromatic carbocycles. The molecule has 3 rings (SSSR count). The SMILES string of the molecule is C=CCOc1ccc([C@@H]2NC(=S)NC(c3ccccc3)=C2C(C)=O)cc1OC. The Bertz CT molecular complexity index is 938. The summed E-state index contributed by atoms with van der Waals surface area (Å²) in [5.41, 5.74) is 3.08. The minimum atomic E-state index is -0.399. The molecule has 2 aromatic rings. The summed E-state index contributed by atoms with van der Waals surface area (Å²) in [4.78, 5) is 12.6. The van der Waals surface area contributed by atoms with E-state index in [1.54, 1.807) is 20.1 Å². The molecule has 6 heteroatoms. The van der Waals surface area contributed by atoms with Crippen molar-refractivity contribution in [3.05, 3.63) is 77.9 Å². The van der Waals surface area contributed by atoms with Gasteiger partial charge in [0.2, 0.25) is 0 Å². The average Bonchev–Trinajstić information content (AvgIpc) is 2.71. The van der Waals surface area contributed by atoms with Crippen molar-refractivity contribution < 1.29 is 14.3 Å². The van der Waals surface area contributed by atoms with Crippen LogP contribution in [0.15, 0.2) is 66.8 Å². The summed E-state index contributed by atoms with van der Waals surface area (Å²) in [7, 11) is 1.58. The van der Waals surface area contributed by atoms with Crippen molar-refractivity contribution in [3.8, 4) is 11.5 Å². The highest BCUT2D eigenvalue weighted by molar-refractivity contribution is 7.80. The molecule has 0 saturated carbocycles. The monoisotopic (exact) mass is 394 g/mol. The number of thiocarbonyl (C=S) groups is 1. The second-order valence-electron chi connectivity index (χ2n) is 6.25. The van der Waals surface area contributed by atoms with Crippen molar-refractivity contribution in [1.82, 2.24) is 10.6 Å². The molecule has 0 saturated heterocycles. The fourth-order valence-electron chi connectivity index (χ4n) is 3.16. The lowest BCUT2D eigenvalue weighted by Crippen LogP contribution is -2.44. The Balaban J connectivity index is 2.10. The van der Waals surface area contributed by atoms with Crippen LogP contribution in [0, 0.1) is 0 Å². The molecule has 1 atom stereocenters. The van der Waals surface area contributed by atoms with Crippen LogP contribution < -0.4 is 20.1 Å². The maximum atomic E-state index is 12.6. The molecule has 2 N–H and O–H groups in total. The first kappa shape index (κ1) is 19.6. The van der Waals surface area contributed by atoms with E-state index in [-0.39, 0.29) is 5.78 Å². The van der Waals surface area contributed by atoms with Gasteiger partial charge in [0.25, 0.3) is 0 Å². The molecule has 5 nitrogen and oxygen atoms in total. The average molecular weight is 394 g/mol. The van der Waals surface area contributed by atoms with Gasteiger partial charge in [0.05, 0.1) is 18.8 Å². The van der Waals surface area contributed by atoms with E-state index in [1.807, 2.05) is 48.5 Å². The first-order valence-electron chi connectivity index (χ1n) is 8.84. The molecule has 1 aliphatic rings. The first-order valence-corrected chi connectivity index (χ1v) is 9.25. The van der Waals surface area contributed by atoms with Crippen molar-refractivity contribution in [1.29, 1.82) is 0 Å². The van der Waals surface area contributed by atoms with E-state index in [2.05, 4.69) is 17.2 Å². The quantitative estimate of drug-likeness (QED) is 0.551. The lowest BCUT2D eigenvalue weighted by atomic mass is 9.90. The predicted molar refractivity (Wildman–Crippen MR) is 114 cm³/mol. The Labute approximate surface area is 170 Å². The number of ether oxygens (including phenoxy) is 2. The Morgan fingerprint density at radius 2 is 1.96 bits per heavy atom. The highest BCUT2D eigenvalue weighted by Gasteiger charge is 2.30. The van der Waals surface area contributed by atoms with Gasteiger partial charge in [-0.2, -0.15) is 0 Å². The van der Waals surface area contributed by atoms with E-state index in [4.69, 9.17) is 21.7 Å². The molecule has 0 bridgehead atoms. The van der Waals surface area contributed by atoms with Crippen LogP contribution in [0.4, 0.5) is 0 Å². The molecule has 28 heavy (non-hydrogen) atoms. The number of methoxy groups -OCH3 is 1. The van der Waals surface area contributed by atoms with E-state index >= 15 is 0 Å². The minimum Gasteiger partial charge on any atom is -0.493 e. The van der Waals surface area contributed by atoms with E-state index in [1.165, 1.54) is 0 Å². The standard InChI is InChI=1S/C22H22N2O3S/c1-4-12-27-17-11-10-16(13-18(17)26-3)21-19(14(2)25)20(23-22(28)24-21)15-8-6-5-7-9-15/h4-11,13,21H,1,12H2,2-3H3,(H2,23,24,28)/t21-/m0/s1. The van der Waals surface area contributed by atoms with Gasteiger partial charge in [-0.15, -0.1) is 0 Å². The molecular weight excluding hydrogens is 372 g/mol. The zero-order valence-corrected chi connectivity index (χ0v) is 16.6. The summed E-state index contributed by atoms with van der Waals surface area (Å²) in [6, 6.07) is 14.9.